The van der Waals surface area contributed by atoms with Crippen molar-refractivity contribution in [2.45, 2.75) is 44.6 Å². The van der Waals surface area contributed by atoms with E-state index in [2.05, 4.69) is 17.5 Å². The highest BCUT2D eigenvalue weighted by molar-refractivity contribution is 5.79. The minimum Gasteiger partial charge on any atom is -0.340 e. The maximum absolute atomic E-state index is 12.4. The summed E-state index contributed by atoms with van der Waals surface area (Å²) in [7, 11) is 0. The summed E-state index contributed by atoms with van der Waals surface area (Å²) in [5.74, 6) is 0.0869. The van der Waals surface area contributed by atoms with Crippen molar-refractivity contribution in [3.05, 3.63) is 59.7 Å². The number of amides is 1. The minimum absolute atomic E-state index is 0.0236. The van der Waals surface area contributed by atoms with Crippen molar-refractivity contribution in [1.82, 2.24) is 5.32 Å². The summed E-state index contributed by atoms with van der Waals surface area (Å²) in [6.07, 6.45) is 5.78. The van der Waals surface area contributed by atoms with Crippen LogP contribution in [-0.2, 0) is 11.2 Å². The number of nitrogens with zero attached hydrogens (tertiary/aromatic N) is 2. The average molecular weight is 357 g/mol. The number of carbonyl (C=O) groups is 1. The van der Waals surface area contributed by atoms with Gasteiger partial charge >= 0.3 is 0 Å². The van der Waals surface area contributed by atoms with E-state index in [0.717, 1.165) is 42.4 Å². The number of carbonyl (C=O) groups excluding carboxylic acids is 1. The predicted molar refractivity (Wildman–Crippen MR) is 104 cm³/mol. The van der Waals surface area contributed by atoms with Crippen molar-refractivity contribution in [1.29, 1.82) is 10.5 Å². The van der Waals surface area contributed by atoms with Crippen LogP contribution in [0, 0.1) is 28.6 Å². The van der Waals surface area contributed by atoms with Gasteiger partial charge in [-0.25, -0.2) is 0 Å². The molecule has 2 aromatic rings. The van der Waals surface area contributed by atoms with Gasteiger partial charge in [-0.05, 0) is 41.7 Å². The molecule has 1 N–H and O–H groups in total. The van der Waals surface area contributed by atoms with Gasteiger partial charge < -0.3 is 5.32 Å². The van der Waals surface area contributed by atoms with Crippen LogP contribution in [0.2, 0.25) is 0 Å². The molecule has 0 heterocycles. The first-order valence-electron chi connectivity index (χ1n) is 9.49. The van der Waals surface area contributed by atoms with E-state index in [4.69, 9.17) is 5.26 Å². The molecule has 4 heteroatoms. The molecule has 1 aliphatic carbocycles. The summed E-state index contributed by atoms with van der Waals surface area (Å²) < 4.78 is 0. The van der Waals surface area contributed by atoms with Crippen LogP contribution in [0.3, 0.4) is 0 Å². The van der Waals surface area contributed by atoms with Gasteiger partial charge in [-0.2, -0.15) is 10.5 Å². The van der Waals surface area contributed by atoms with Gasteiger partial charge in [0.1, 0.15) is 6.04 Å². The molecular formula is C23H23N3O. The van der Waals surface area contributed by atoms with E-state index < -0.39 is 6.04 Å². The maximum atomic E-state index is 12.4. The predicted octanol–water partition coefficient (Wildman–Crippen LogP) is 4.36. The van der Waals surface area contributed by atoms with Crippen molar-refractivity contribution < 1.29 is 4.79 Å². The molecule has 0 spiro atoms. The first-order valence-corrected chi connectivity index (χ1v) is 9.49. The monoisotopic (exact) mass is 357 g/mol. The Morgan fingerprint density at radius 3 is 2.11 bits per heavy atom. The van der Waals surface area contributed by atoms with E-state index in [0.29, 0.717) is 12.0 Å². The lowest BCUT2D eigenvalue weighted by Gasteiger charge is -2.22. The SMILES string of the molecule is N#Cc1ccc(-c2ccc(CC(C#N)NC(=O)C3CCCCC3)cc2)cc1. The molecule has 1 saturated carbocycles. The molecule has 0 aromatic heterocycles. The van der Waals surface area contributed by atoms with Gasteiger partial charge in [0.15, 0.2) is 0 Å². The van der Waals surface area contributed by atoms with E-state index in [1.807, 2.05) is 36.4 Å². The summed E-state index contributed by atoms with van der Waals surface area (Å²) in [6.45, 7) is 0. The Morgan fingerprint density at radius 1 is 0.963 bits per heavy atom. The molecule has 4 nitrogen and oxygen atoms in total. The van der Waals surface area contributed by atoms with E-state index in [1.165, 1.54) is 6.42 Å². The number of nitriles is 2. The lowest BCUT2D eigenvalue weighted by molar-refractivity contribution is -0.126. The Bertz CT molecular complexity index is 850. The van der Waals surface area contributed by atoms with Gasteiger partial charge in [-0.15, -0.1) is 0 Å². The van der Waals surface area contributed by atoms with Crippen LogP contribution in [0.15, 0.2) is 48.5 Å². The zero-order valence-corrected chi connectivity index (χ0v) is 15.3. The largest absolute Gasteiger partial charge is 0.340 e. The third-order valence-electron chi connectivity index (χ3n) is 5.19. The average Bonchev–Trinajstić information content (AvgIpc) is 2.74. The van der Waals surface area contributed by atoms with E-state index >= 15 is 0 Å². The van der Waals surface area contributed by atoms with Crippen LogP contribution in [0.4, 0.5) is 0 Å². The fraction of sp³-hybridized carbons (Fsp3) is 0.348. The quantitative estimate of drug-likeness (QED) is 0.864. The zero-order chi connectivity index (χ0) is 19.1. The van der Waals surface area contributed by atoms with Crippen LogP contribution in [0.25, 0.3) is 11.1 Å². The highest BCUT2D eigenvalue weighted by Gasteiger charge is 2.23. The molecule has 1 unspecified atom stereocenters. The summed E-state index contributed by atoms with van der Waals surface area (Å²) in [5, 5.41) is 21.2. The Balaban J connectivity index is 1.61. The second-order valence-electron chi connectivity index (χ2n) is 7.12. The smallest absolute Gasteiger partial charge is 0.224 e. The number of nitrogens with one attached hydrogen (secondary N) is 1. The Hall–Kier alpha value is -3.11. The standard InChI is InChI=1S/C23H23N3O/c24-15-18-8-12-20(13-9-18)19-10-6-17(7-11-19)14-22(16-25)26-23(27)21-4-2-1-3-5-21/h6-13,21-22H,1-5,14H2,(H,26,27). The fourth-order valence-corrected chi connectivity index (χ4v) is 3.59. The molecule has 1 atom stereocenters. The first-order chi connectivity index (χ1) is 13.2. The molecule has 0 saturated heterocycles. The van der Waals surface area contributed by atoms with Crippen LogP contribution < -0.4 is 5.32 Å². The van der Waals surface area contributed by atoms with Crippen LogP contribution in [0.1, 0.15) is 43.2 Å². The first kappa shape index (κ1) is 18.7. The van der Waals surface area contributed by atoms with Gasteiger partial charge in [0.05, 0.1) is 17.7 Å². The lowest BCUT2D eigenvalue weighted by atomic mass is 9.88. The molecule has 0 aliphatic heterocycles. The van der Waals surface area contributed by atoms with Crippen LogP contribution >= 0.6 is 0 Å². The summed E-state index contributed by atoms with van der Waals surface area (Å²) in [4.78, 5) is 12.4. The Labute approximate surface area is 160 Å². The summed E-state index contributed by atoms with van der Waals surface area (Å²) in [6, 6.07) is 19.3. The minimum atomic E-state index is -0.500. The summed E-state index contributed by atoms with van der Waals surface area (Å²) in [5.41, 5.74) is 3.76. The normalized spacial score (nSPS) is 15.3. The van der Waals surface area contributed by atoms with Crippen molar-refractivity contribution in [2.75, 3.05) is 0 Å². The second-order valence-corrected chi connectivity index (χ2v) is 7.12. The molecule has 136 valence electrons. The van der Waals surface area contributed by atoms with Crippen molar-refractivity contribution in [3.8, 4) is 23.3 Å². The zero-order valence-electron chi connectivity index (χ0n) is 15.3. The molecule has 0 bridgehead atoms. The third-order valence-corrected chi connectivity index (χ3v) is 5.19. The Kier molecular flexibility index (Phi) is 6.23. The van der Waals surface area contributed by atoms with Crippen molar-refractivity contribution >= 4 is 5.91 Å². The molecule has 2 aromatic carbocycles. The molecule has 1 amide bonds. The van der Waals surface area contributed by atoms with Gasteiger partial charge in [0, 0.05) is 12.3 Å². The highest BCUT2D eigenvalue weighted by Crippen LogP contribution is 2.24. The van der Waals surface area contributed by atoms with Crippen molar-refractivity contribution in [3.63, 3.8) is 0 Å². The molecule has 27 heavy (non-hydrogen) atoms. The van der Waals surface area contributed by atoms with E-state index in [1.54, 1.807) is 12.1 Å². The molecule has 3 rings (SSSR count). The number of hydrogen-bond acceptors (Lipinski definition) is 3. The van der Waals surface area contributed by atoms with Gasteiger partial charge in [-0.1, -0.05) is 55.7 Å². The molecular weight excluding hydrogens is 334 g/mol. The Morgan fingerprint density at radius 2 is 1.56 bits per heavy atom. The van der Waals surface area contributed by atoms with Crippen molar-refractivity contribution in [2.24, 2.45) is 5.92 Å². The molecule has 1 fully saturated rings. The number of benzene rings is 2. The lowest BCUT2D eigenvalue weighted by Crippen LogP contribution is -2.40. The van der Waals surface area contributed by atoms with Crippen LogP contribution in [-0.4, -0.2) is 11.9 Å². The number of hydrogen-bond donors (Lipinski definition) is 1. The van der Waals surface area contributed by atoms with Crippen LogP contribution in [0.5, 0.6) is 0 Å². The second kappa shape index (κ2) is 9.01. The van der Waals surface area contributed by atoms with E-state index in [-0.39, 0.29) is 11.8 Å². The fourth-order valence-electron chi connectivity index (χ4n) is 3.59. The summed E-state index contributed by atoms with van der Waals surface area (Å²) >= 11 is 0. The van der Waals surface area contributed by atoms with E-state index in [9.17, 15) is 10.1 Å². The topological polar surface area (TPSA) is 76.7 Å². The molecule has 0 radical (unpaired) electrons. The third kappa shape index (κ3) is 4.96. The molecule has 1 aliphatic rings. The van der Waals surface area contributed by atoms with Gasteiger partial charge in [0.2, 0.25) is 5.91 Å². The number of rotatable bonds is 5. The maximum Gasteiger partial charge on any atom is 0.224 e. The highest BCUT2D eigenvalue weighted by atomic mass is 16.1. The van der Waals surface area contributed by atoms with Gasteiger partial charge in [-0.3, -0.25) is 4.79 Å². The van der Waals surface area contributed by atoms with Gasteiger partial charge in [0.25, 0.3) is 0 Å².